The molecule has 4 heterocycles. The van der Waals surface area contributed by atoms with Gasteiger partial charge in [0, 0.05) is 25.7 Å². The molecule has 0 aromatic carbocycles. The van der Waals surface area contributed by atoms with Crippen LogP contribution < -0.4 is 5.32 Å². The van der Waals surface area contributed by atoms with Crippen LogP contribution in [0.25, 0.3) is 0 Å². The minimum atomic E-state index is -0.0502. The molecular weight excluding hydrogens is 330 g/mol. The van der Waals surface area contributed by atoms with Crippen LogP contribution in [-0.2, 0) is 26.2 Å². The maximum atomic E-state index is 12.5. The van der Waals surface area contributed by atoms with E-state index in [2.05, 4.69) is 27.9 Å². The zero-order valence-corrected chi connectivity index (χ0v) is 15.4. The molecule has 0 spiro atoms. The summed E-state index contributed by atoms with van der Waals surface area (Å²) in [5.41, 5.74) is 2.24. The summed E-state index contributed by atoms with van der Waals surface area (Å²) in [5, 5.41) is 7.73. The van der Waals surface area contributed by atoms with E-state index < -0.39 is 0 Å². The fraction of sp³-hybridized carbons (Fsp3) is 0.579. The van der Waals surface area contributed by atoms with E-state index in [-0.39, 0.29) is 6.03 Å². The summed E-state index contributed by atoms with van der Waals surface area (Å²) in [6.07, 6.45) is 5.09. The van der Waals surface area contributed by atoms with Crippen molar-refractivity contribution >= 4 is 6.03 Å². The van der Waals surface area contributed by atoms with Gasteiger partial charge in [-0.15, -0.1) is 0 Å². The van der Waals surface area contributed by atoms with E-state index in [1.54, 1.807) is 6.26 Å². The number of aromatic nitrogens is 2. The lowest BCUT2D eigenvalue weighted by Crippen LogP contribution is -2.39. The molecule has 2 aromatic rings. The molecule has 0 unspecified atom stereocenters. The third-order valence-electron chi connectivity index (χ3n) is 5.40. The summed E-state index contributed by atoms with van der Waals surface area (Å²) >= 11 is 0. The first kappa shape index (κ1) is 17.1. The zero-order valence-electron chi connectivity index (χ0n) is 15.4. The summed E-state index contributed by atoms with van der Waals surface area (Å²) in [6, 6.07) is 6.45. The van der Waals surface area contributed by atoms with Crippen LogP contribution in [0.15, 0.2) is 28.9 Å². The van der Waals surface area contributed by atoms with Crippen LogP contribution in [-0.4, -0.2) is 44.7 Å². The highest BCUT2D eigenvalue weighted by molar-refractivity contribution is 5.74. The molecule has 7 nitrogen and oxygen atoms in total. The van der Waals surface area contributed by atoms with Crippen LogP contribution in [0.2, 0.25) is 0 Å². The monoisotopic (exact) mass is 357 g/mol. The summed E-state index contributed by atoms with van der Waals surface area (Å²) in [6.45, 7) is 6.99. The van der Waals surface area contributed by atoms with Gasteiger partial charge in [-0.3, -0.25) is 9.58 Å². The molecule has 1 atom stereocenters. The largest absolute Gasteiger partial charge is 0.467 e. The Hall–Kier alpha value is -2.28. The minimum absolute atomic E-state index is 0.0502. The van der Waals surface area contributed by atoms with Crippen LogP contribution in [0.5, 0.6) is 0 Å². The topological polar surface area (TPSA) is 66.5 Å². The SMILES string of the molecule is C[C@H]1CCCN1Cc1cc2n(n1)CCCN(C(=O)NCc1ccco1)C2. The molecule has 0 aliphatic carbocycles. The summed E-state index contributed by atoms with van der Waals surface area (Å²) in [7, 11) is 0. The Morgan fingerprint density at radius 2 is 2.27 bits per heavy atom. The highest BCUT2D eigenvalue weighted by Gasteiger charge is 2.24. The molecule has 7 heteroatoms. The van der Waals surface area contributed by atoms with E-state index in [4.69, 9.17) is 9.52 Å². The second-order valence-corrected chi connectivity index (χ2v) is 7.33. The van der Waals surface area contributed by atoms with Crippen molar-refractivity contribution in [2.45, 2.75) is 58.4 Å². The molecule has 26 heavy (non-hydrogen) atoms. The number of furan rings is 1. The van der Waals surface area contributed by atoms with Crippen LogP contribution in [0.4, 0.5) is 4.79 Å². The first-order valence-electron chi connectivity index (χ1n) is 9.54. The number of nitrogens with zero attached hydrogens (tertiary/aromatic N) is 4. The standard InChI is InChI=1S/C19H27N5O2/c1-15-5-2-7-22(15)13-16-11-17-14-23(8-4-9-24(17)21-16)19(25)20-12-18-6-3-10-26-18/h3,6,10-11,15H,2,4-5,7-9,12-14H2,1H3,(H,20,25)/t15-/m0/s1. The summed E-state index contributed by atoms with van der Waals surface area (Å²) in [5.74, 6) is 0.764. The number of carbonyl (C=O) groups is 1. The Bertz CT molecular complexity index is 739. The van der Waals surface area contributed by atoms with Crippen molar-refractivity contribution in [2.75, 3.05) is 13.1 Å². The van der Waals surface area contributed by atoms with Gasteiger partial charge in [0.2, 0.25) is 0 Å². The number of aryl methyl sites for hydroxylation is 1. The Kier molecular flexibility index (Phi) is 4.97. The quantitative estimate of drug-likeness (QED) is 0.913. The number of hydrogen-bond donors (Lipinski definition) is 1. The van der Waals surface area contributed by atoms with Crippen LogP contribution >= 0.6 is 0 Å². The fourth-order valence-electron chi connectivity index (χ4n) is 3.90. The van der Waals surface area contributed by atoms with Gasteiger partial charge in [-0.05, 0) is 50.9 Å². The highest BCUT2D eigenvalue weighted by Crippen LogP contribution is 2.21. The van der Waals surface area contributed by atoms with Crippen molar-refractivity contribution in [1.29, 1.82) is 0 Å². The maximum Gasteiger partial charge on any atom is 0.318 e. The minimum Gasteiger partial charge on any atom is -0.467 e. The van der Waals surface area contributed by atoms with E-state index >= 15 is 0 Å². The fourth-order valence-corrected chi connectivity index (χ4v) is 3.90. The van der Waals surface area contributed by atoms with Gasteiger partial charge in [0.15, 0.2) is 0 Å². The van der Waals surface area contributed by atoms with Gasteiger partial charge in [0.25, 0.3) is 0 Å². The third-order valence-corrected chi connectivity index (χ3v) is 5.40. The maximum absolute atomic E-state index is 12.5. The summed E-state index contributed by atoms with van der Waals surface area (Å²) in [4.78, 5) is 16.9. The molecule has 140 valence electrons. The summed E-state index contributed by atoms with van der Waals surface area (Å²) < 4.78 is 7.35. The Morgan fingerprint density at radius 3 is 3.04 bits per heavy atom. The number of rotatable bonds is 4. The second kappa shape index (κ2) is 7.53. The molecule has 4 rings (SSSR count). The number of amides is 2. The van der Waals surface area contributed by atoms with Crippen molar-refractivity contribution in [3.63, 3.8) is 0 Å². The molecule has 2 aromatic heterocycles. The smallest absolute Gasteiger partial charge is 0.318 e. The molecule has 1 saturated heterocycles. The molecule has 0 saturated carbocycles. The molecule has 2 aliphatic heterocycles. The first-order chi connectivity index (χ1) is 12.7. The van der Waals surface area contributed by atoms with Gasteiger partial charge in [-0.25, -0.2) is 4.79 Å². The average Bonchev–Trinajstić information content (AvgIpc) is 3.34. The third kappa shape index (κ3) is 3.77. The van der Waals surface area contributed by atoms with Crippen molar-refractivity contribution in [3.05, 3.63) is 41.6 Å². The van der Waals surface area contributed by atoms with Crippen LogP contribution in [0, 0.1) is 0 Å². The van der Waals surface area contributed by atoms with Gasteiger partial charge in [-0.1, -0.05) is 0 Å². The molecule has 0 bridgehead atoms. The van der Waals surface area contributed by atoms with Gasteiger partial charge in [0.1, 0.15) is 5.76 Å². The number of fused-ring (bicyclic) bond motifs is 1. The number of carbonyl (C=O) groups excluding carboxylic acids is 1. The van der Waals surface area contributed by atoms with E-state index in [1.165, 1.54) is 12.8 Å². The van der Waals surface area contributed by atoms with E-state index in [0.717, 1.165) is 49.7 Å². The number of likely N-dealkylation sites (tertiary alicyclic amines) is 1. The molecular formula is C19H27N5O2. The molecule has 1 N–H and O–H groups in total. The van der Waals surface area contributed by atoms with Crippen LogP contribution in [0.3, 0.4) is 0 Å². The average molecular weight is 357 g/mol. The normalized spacial score (nSPS) is 20.8. The second-order valence-electron chi connectivity index (χ2n) is 7.33. The molecule has 2 aliphatic rings. The predicted octanol–water partition coefficient (Wildman–Crippen LogP) is 2.58. The molecule has 2 amide bonds. The van der Waals surface area contributed by atoms with Gasteiger partial charge < -0.3 is 14.6 Å². The lowest BCUT2D eigenvalue weighted by atomic mass is 10.2. The van der Waals surface area contributed by atoms with Crippen molar-refractivity contribution in [3.8, 4) is 0 Å². The van der Waals surface area contributed by atoms with Crippen molar-refractivity contribution in [1.82, 2.24) is 24.9 Å². The number of urea groups is 1. The van der Waals surface area contributed by atoms with E-state index in [9.17, 15) is 4.79 Å². The lowest BCUT2D eigenvalue weighted by Gasteiger charge is -2.20. The van der Waals surface area contributed by atoms with Crippen LogP contribution in [0.1, 0.15) is 43.3 Å². The van der Waals surface area contributed by atoms with E-state index in [0.29, 0.717) is 19.1 Å². The Balaban J connectivity index is 1.38. The zero-order chi connectivity index (χ0) is 17.9. The Labute approximate surface area is 153 Å². The number of hydrogen-bond acceptors (Lipinski definition) is 4. The van der Waals surface area contributed by atoms with Crippen molar-refractivity contribution < 1.29 is 9.21 Å². The highest BCUT2D eigenvalue weighted by atomic mass is 16.3. The Morgan fingerprint density at radius 1 is 1.35 bits per heavy atom. The van der Waals surface area contributed by atoms with Gasteiger partial charge in [0.05, 0.1) is 30.7 Å². The predicted molar refractivity (Wildman–Crippen MR) is 97.3 cm³/mol. The molecule has 0 radical (unpaired) electrons. The molecule has 1 fully saturated rings. The lowest BCUT2D eigenvalue weighted by molar-refractivity contribution is 0.194. The van der Waals surface area contributed by atoms with E-state index in [1.807, 2.05) is 17.0 Å². The van der Waals surface area contributed by atoms with Gasteiger partial charge >= 0.3 is 6.03 Å². The first-order valence-corrected chi connectivity index (χ1v) is 9.54. The van der Waals surface area contributed by atoms with Crippen molar-refractivity contribution in [2.24, 2.45) is 0 Å². The number of nitrogens with one attached hydrogen (secondary N) is 1. The van der Waals surface area contributed by atoms with Gasteiger partial charge in [-0.2, -0.15) is 5.10 Å².